The summed E-state index contributed by atoms with van der Waals surface area (Å²) in [5, 5.41) is 5.49. The molecule has 0 unspecified atom stereocenters. The second-order valence-corrected chi connectivity index (χ2v) is 7.79. The van der Waals surface area contributed by atoms with Gasteiger partial charge in [0.2, 0.25) is 0 Å². The normalized spacial score (nSPS) is 19.7. The average Bonchev–Trinajstić information content (AvgIpc) is 2.66. The highest BCUT2D eigenvalue weighted by atomic mass is 16.5. The number of ketones is 1. The summed E-state index contributed by atoms with van der Waals surface area (Å²) in [4.78, 5) is 26.0. The van der Waals surface area contributed by atoms with Crippen molar-refractivity contribution < 1.29 is 14.3 Å². The Kier molecular flexibility index (Phi) is 4.80. The zero-order valence-electron chi connectivity index (χ0n) is 16.5. The van der Waals surface area contributed by atoms with Gasteiger partial charge in [-0.25, -0.2) is 4.79 Å². The predicted octanol–water partition coefficient (Wildman–Crippen LogP) is 4.76. The minimum atomic E-state index is -0.401. The number of Topliss-reactive ketones (excluding diaryl/α,β-unsaturated/α-hetero) is 1. The molecule has 1 N–H and O–H groups in total. The van der Waals surface area contributed by atoms with E-state index in [1.165, 1.54) is 0 Å². The van der Waals surface area contributed by atoms with Gasteiger partial charge >= 0.3 is 5.97 Å². The van der Waals surface area contributed by atoms with Gasteiger partial charge in [0.25, 0.3) is 0 Å². The predicted molar refractivity (Wildman–Crippen MR) is 110 cm³/mol. The fraction of sp³-hybridized carbons (Fsp3) is 0.333. The van der Waals surface area contributed by atoms with Gasteiger partial charge in [-0.15, -0.1) is 0 Å². The number of carbonyl (C=O) groups is 2. The lowest BCUT2D eigenvalue weighted by molar-refractivity contribution is -0.143. The lowest BCUT2D eigenvalue weighted by atomic mass is 9.74. The number of nitrogens with one attached hydrogen (secondary N) is 1. The molecule has 0 saturated carbocycles. The van der Waals surface area contributed by atoms with Crippen molar-refractivity contribution in [3.63, 3.8) is 0 Å². The first kappa shape index (κ1) is 18.5. The molecule has 4 heteroatoms. The summed E-state index contributed by atoms with van der Waals surface area (Å²) in [6, 6.07) is 14.2. The summed E-state index contributed by atoms with van der Waals surface area (Å²) in [5.41, 5.74) is 3.98. The first-order chi connectivity index (χ1) is 13.5. The Morgan fingerprint density at radius 1 is 1.11 bits per heavy atom. The third-order valence-electron chi connectivity index (χ3n) is 5.47. The summed E-state index contributed by atoms with van der Waals surface area (Å²) >= 11 is 0. The molecule has 0 spiro atoms. The maximum atomic E-state index is 13.1. The largest absolute Gasteiger partial charge is 0.460 e. The van der Waals surface area contributed by atoms with Gasteiger partial charge in [0, 0.05) is 29.3 Å². The molecule has 0 amide bonds. The molecule has 0 aromatic heterocycles. The van der Waals surface area contributed by atoms with Crippen LogP contribution in [0.4, 0.5) is 0 Å². The van der Waals surface area contributed by atoms with Crippen LogP contribution in [0.5, 0.6) is 0 Å². The number of dihydropyridines is 1. The lowest BCUT2D eigenvalue weighted by Crippen LogP contribution is -2.35. The highest BCUT2D eigenvalue weighted by Crippen LogP contribution is 2.44. The van der Waals surface area contributed by atoms with E-state index in [9.17, 15) is 9.59 Å². The fourth-order valence-electron chi connectivity index (χ4n) is 4.34. The van der Waals surface area contributed by atoms with Crippen molar-refractivity contribution in [2.24, 2.45) is 0 Å². The highest BCUT2D eigenvalue weighted by Gasteiger charge is 2.39. The van der Waals surface area contributed by atoms with Gasteiger partial charge in [-0.2, -0.15) is 0 Å². The zero-order valence-corrected chi connectivity index (χ0v) is 16.5. The molecular formula is C24H25NO3. The van der Waals surface area contributed by atoms with E-state index in [2.05, 4.69) is 23.5 Å². The minimum Gasteiger partial charge on any atom is -0.460 e. The molecule has 0 saturated heterocycles. The molecule has 0 bridgehead atoms. The topological polar surface area (TPSA) is 55.4 Å². The van der Waals surface area contributed by atoms with Crippen molar-refractivity contribution in [1.29, 1.82) is 0 Å². The molecule has 4 rings (SSSR count). The number of ether oxygens (including phenoxy) is 1. The minimum absolute atomic E-state index is 0.119. The van der Waals surface area contributed by atoms with Crippen molar-refractivity contribution in [3.05, 3.63) is 70.6 Å². The Balaban J connectivity index is 1.96. The average molecular weight is 375 g/mol. The Hall–Kier alpha value is -2.88. The van der Waals surface area contributed by atoms with E-state index in [0.29, 0.717) is 12.0 Å². The zero-order chi connectivity index (χ0) is 19.8. The maximum absolute atomic E-state index is 13.1. The standard InChI is InChI=1S/C24H25NO3/c1-14(2)28-24(27)21-15(3)25-19-12-7-13-20(26)23(19)22(21)18-11-6-9-16-8-4-5-10-17(16)18/h4-6,8-11,14,22,25H,7,12-13H2,1-3H3/t22-/m1/s1. The highest BCUT2D eigenvalue weighted by molar-refractivity contribution is 6.05. The number of esters is 1. The second-order valence-electron chi connectivity index (χ2n) is 7.79. The first-order valence-electron chi connectivity index (χ1n) is 9.90. The van der Waals surface area contributed by atoms with Crippen LogP contribution in [-0.2, 0) is 14.3 Å². The Bertz CT molecular complexity index is 1020. The van der Waals surface area contributed by atoms with Crippen molar-refractivity contribution in [2.75, 3.05) is 0 Å². The molecule has 1 heterocycles. The van der Waals surface area contributed by atoms with Crippen LogP contribution in [0.25, 0.3) is 10.8 Å². The molecule has 1 atom stereocenters. The van der Waals surface area contributed by atoms with Gasteiger partial charge in [-0.1, -0.05) is 42.5 Å². The number of rotatable bonds is 3. The summed E-state index contributed by atoms with van der Waals surface area (Å²) in [7, 11) is 0. The monoisotopic (exact) mass is 375 g/mol. The smallest absolute Gasteiger partial charge is 0.337 e. The van der Waals surface area contributed by atoms with Crippen molar-refractivity contribution >= 4 is 22.5 Å². The van der Waals surface area contributed by atoms with Crippen molar-refractivity contribution in [1.82, 2.24) is 5.32 Å². The van der Waals surface area contributed by atoms with Crippen LogP contribution in [0.15, 0.2) is 65.0 Å². The summed E-state index contributed by atoms with van der Waals surface area (Å²) in [6.45, 7) is 5.58. The van der Waals surface area contributed by atoms with Crippen LogP contribution in [0.1, 0.15) is 51.5 Å². The molecule has 1 aliphatic carbocycles. The van der Waals surface area contributed by atoms with E-state index < -0.39 is 5.92 Å². The van der Waals surface area contributed by atoms with E-state index in [1.807, 2.05) is 45.0 Å². The van der Waals surface area contributed by atoms with Crippen LogP contribution in [-0.4, -0.2) is 17.9 Å². The van der Waals surface area contributed by atoms with E-state index >= 15 is 0 Å². The number of benzene rings is 2. The summed E-state index contributed by atoms with van der Waals surface area (Å²) in [5.74, 6) is -0.640. The van der Waals surface area contributed by atoms with Crippen molar-refractivity contribution in [2.45, 2.75) is 52.1 Å². The molecule has 1 aliphatic heterocycles. The Labute approximate surface area is 165 Å². The summed E-state index contributed by atoms with van der Waals surface area (Å²) < 4.78 is 5.57. The molecular weight excluding hydrogens is 350 g/mol. The van der Waals surface area contributed by atoms with Crippen LogP contribution in [0.3, 0.4) is 0 Å². The van der Waals surface area contributed by atoms with Crippen LogP contribution < -0.4 is 5.32 Å². The molecule has 2 aromatic carbocycles. The fourth-order valence-corrected chi connectivity index (χ4v) is 4.34. The number of hydrogen-bond donors (Lipinski definition) is 1. The molecule has 2 aliphatic rings. The van der Waals surface area contributed by atoms with Gasteiger partial charge in [-0.05, 0) is 49.9 Å². The number of hydrogen-bond acceptors (Lipinski definition) is 4. The molecule has 4 nitrogen and oxygen atoms in total. The van der Waals surface area contributed by atoms with E-state index in [-0.39, 0.29) is 17.9 Å². The van der Waals surface area contributed by atoms with Gasteiger partial charge in [0.15, 0.2) is 5.78 Å². The molecule has 0 radical (unpaired) electrons. The van der Waals surface area contributed by atoms with E-state index in [4.69, 9.17) is 4.74 Å². The second kappa shape index (κ2) is 7.27. The van der Waals surface area contributed by atoms with Gasteiger partial charge in [-0.3, -0.25) is 4.79 Å². The molecule has 144 valence electrons. The Morgan fingerprint density at radius 3 is 2.64 bits per heavy atom. The van der Waals surface area contributed by atoms with Gasteiger partial charge < -0.3 is 10.1 Å². The Morgan fingerprint density at radius 2 is 1.86 bits per heavy atom. The van der Waals surface area contributed by atoms with Gasteiger partial charge in [0.05, 0.1) is 11.7 Å². The maximum Gasteiger partial charge on any atom is 0.337 e. The molecule has 2 aromatic rings. The van der Waals surface area contributed by atoms with Crippen LogP contribution in [0.2, 0.25) is 0 Å². The van der Waals surface area contributed by atoms with Crippen molar-refractivity contribution in [3.8, 4) is 0 Å². The third-order valence-corrected chi connectivity index (χ3v) is 5.47. The van der Waals surface area contributed by atoms with E-state index in [0.717, 1.165) is 46.1 Å². The molecule has 28 heavy (non-hydrogen) atoms. The number of fused-ring (bicyclic) bond motifs is 1. The number of allylic oxidation sites excluding steroid dienone is 3. The van der Waals surface area contributed by atoms with Crippen LogP contribution >= 0.6 is 0 Å². The van der Waals surface area contributed by atoms with Gasteiger partial charge in [0.1, 0.15) is 0 Å². The number of carbonyl (C=O) groups excluding carboxylic acids is 2. The lowest BCUT2D eigenvalue weighted by Gasteiger charge is -2.34. The third kappa shape index (κ3) is 3.13. The quantitative estimate of drug-likeness (QED) is 0.786. The molecule has 0 fully saturated rings. The SMILES string of the molecule is CC1=C(C(=O)OC(C)C)[C@@H](c2cccc3ccccc23)C2=C(CCCC2=O)N1. The van der Waals surface area contributed by atoms with Crippen LogP contribution in [0, 0.1) is 0 Å². The van der Waals surface area contributed by atoms with E-state index in [1.54, 1.807) is 0 Å². The first-order valence-corrected chi connectivity index (χ1v) is 9.90. The summed E-state index contributed by atoms with van der Waals surface area (Å²) in [6.07, 6.45) is 1.96.